The lowest BCUT2D eigenvalue weighted by Crippen LogP contribution is -3.10. The van der Waals surface area contributed by atoms with E-state index in [1.807, 2.05) is 6.20 Å². The first-order valence-corrected chi connectivity index (χ1v) is 14.2. The van der Waals surface area contributed by atoms with Crippen LogP contribution in [0.4, 0.5) is 26.3 Å². The first-order chi connectivity index (χ1) is 19.9. The van der Waals surface area contributed by atoms with Gasteiger partial charge in [0.15, 0.2) is 5.69 Å². The number of aromatic amines is 2. The van der Waals surface area contributed by atoms with Crippen LogP contribution in [0, 0.1) is 5.92 Å². The number of alkyl halides is 6. The molecule has 3 heterocycles. The maximum Gasteiger partial charge on any atom is 0.430 e. The van der Waals surface area contributed by atoms with E-state index in [2.05, 4.69) is 39.2 Å². The maximum absolute atomic E-state index is 12.9. The molecule has 1 saturated heterocycles. The van der Waals surface area contributed by atoms with E-state index in [9.17, 15) is 35.9 Å². The number of nitrogens with one attached hydrogen (secondary N) is 4. The van der Waals surface area contributed by atoms with E-state index in [0.29, 0.717) is 6.42 Å². The van der Waals surface area contributed by atoms with Crippen LogP contribution in [0.3, 0.4) is 0 Å². The highest BCUT2D eigenvalue weighted by Gasteiger charge is 2.31. The topological polar surface area (TPSA) is 161 Å². The molecular formula is C26H34F6N4O6S. The van der Waals surface area contributed by atoms with Crippen LogP contribution < -0.4 is 25.4 Å². The van der Waals surface area contributed by atoms with Crippen molar-refractivity contribution >= 4 is 35.0 Å². The van der Waals surface area contributed by atoms with Crippen LogP contribution in [-0.4, -0.2) is 61.1 Å². The van der Waals surface area contributed by atoms with Crippen LogP contribution in [0.2, 0.25) is 0 Å². The molecule has 17 heteroatoms. The van der Waals surface area contributed by atoms with Gasteiger partial charge in [0.2, 0.25) is 5.91 Å². The largest absolute Gasteiger partial charge is 0.542 e. The highest BCUT2D eigenvalue weighted by molar-refractivity contribution is 7.08. The minimum atomic E-state index is -5.19. The molecule has 1 aliphatic rings. The fourth-order valence-corrected chi connectivity index (χ4v) is 4.63. The molecule has 0 saturated carbocycles. The fraction of sp³-hybridized carbons (Fsp3) is 0.577. The fourth-order valence-electron chi connectivity index (χ4n) is 3.98. The van der Waals surface area contributed by atoms with Gasteiger partial charge in [-0.1, -0.05) is 12.8 Å². The van der Waals surface area contributed by atoms with Gasteiger partial charge in [-0.05, 0) is 31.2 Å². The summed E-state index contributed by atoms with van der Waals surface area (Å²) in [5.41, 5.74) is 2.20. The van der Waals surface area contributed by atoms with Gasteiger partial charge < -0.3 is 34.8 Å². The second-order valence-electron chi connectivity index (χ2n) is 9.92. The van der Waals surface area contributed by atoms with Gasteiger partial charge >= 0.3 is 12.4 Å². The van der Waals surface area contributed by atoms with E-state index in [-0.39, 0.29) is 23.7 Å². The van der Waals surface area contributed by atoms with Gasteiger partial charge in [-0.25, -0.2) is 9.97 Å². The van der Waals surface area contributed by atoms with Gasteiger partial charge in [0, 0.05) is 36.1 Å². The highest BCUT2D eigenvalue weighted by Crippen LogP contribution is 2.23. The van der Waals surface area contributed by atoms with Crippen molar-refractivity contribution in [3.8, 4) is 11.3 Å². The number of H-pyrrole nitrogens is 2. The van der Waals surface area contributed by atoms with E-state index in [1.54, 1.807) is 18.3 Å². The molecule has 1 aliphatic heterocycles. The van der Waals surface area contributed by atoms with Crippen LogP contribution in [0.5, 0.6) is 0 Å². The zero-order valence-electron chi connectivity index (χ0n) is 23.5. The standard InChI is InChI=1S/C22H32N4O2S.2C2HF3O2/c1-16(27)6-4-3-5-7-19(25-22(28)17-8-11-26(2)12-9-17)21-23-14-20(24-21)18-10-13-29-15-18;2*3-2(4,5)1(6)7/h10,13-15,17,19H,3-9,11-12H2,1-2H3,(H,23,24)(H,25,28);2*(H,6,7)/t19-;;/m0../s1. The SMILES string of the molecule is CC(=O)CCCCC[C@H](NC(=O)C1CC[NH+](C)CC1)c1[nH]c(-c2ccsc2)c[nH+]1.O=C([O-])C(F)(F)F.O=C([O-])C(F)(F)F. The summed E-state index contributed by atoms with van der Waals surface area (Å²) in [5.74, 6) is -4.53. The lowest BCUT2D eigenvalue weighted by Gasteiger charge is -2.26. The number of piperidine rings is 1. The Morgan fingerprint density at radius 3 is 2.07 bits per heavy atom. The van der Waals surface area contributed by atoms with Crippen molar-refractivity contribution in [2.24, 2.45) is 5.92 Å². The summed E-state index contributed by atoms with van der Waals surface area (Å²) in [5, 5.41) is 25.0. The molecule has 0 radical (unpaired) electrons. The number of halogens is 6. The molecule has 242 valence electrons. The number of quaternary nitrogens is 1. The minimum absolute atomic E-state index is 0.0563. The van der Waals surface area contributed by atoms with Crippen molar-refractivity contribution < 1.29 is 65.6 Å². The molecule has 1 amide bonds. The van der Waals surface area contributed by atoms with E-state index in [0.717, 1.165) is 68.7 Å². The Bertz CT molecular complexity index is 1140. The van der Waals surface area contributed by atoms with E-state index in [1.165, 1.54) is 4.90 Å². The van der Waals surface area contributed by atoms with Crippen molar-refractivity contribution in [1.29, 1.82) is 0 Å². The average Bonchev–Trinajstić information content (AvgIpc) is 3.60. The molecule has 2 aromatic rings. The van der Waals surface area contributed by atoms with E-state index < -0.39 is 24.3 Å². The van der Waals surface area contributed by atoms with Crippen molar-refractivity contribution in [2.75, 3.05) is 20.1 Å². The van der Waals surface area contributed by atoms with Gasteiger partial charge in [-0.15, -0.1) is 0 Å². The van der Waals surface area contributed by atoms with E-state index >= 15 is 0 Å². The molecule has 10 nitrogen and oxygen atoms in total. The smallest absolute Gasteiger partial charge is 0.430 e. The Hall–Kier alpha value is -3.47. The van der Waals surface area contributed by atoms with Crippen LogP contribution >= 0.6 is 11.3 Å². The van der Waals surface area contributed by atoms with Crippen molar-refractivity contribution in [1.82, 2.24) is 10.3 Å². The number of likely N-dealkylation sites (tertiary alicyclic amines) is 1. The Morgan fingerprint density at radius 2 is 1.60 bits per heavy atom. The molecule has 1 atom stereocenters. The van der Waals surface area contributed by atoms with Gasteiger partial charge in [0.25, 0.3) is 5.82 Å². The number of ketones is 1. The second-order valence-corrected chi connectivity index (χ2v) is 10.7. The summed E-state index contributed by atoms with van der Waals surface area (Å²) in [6.45, 7) is 3.77. The Kier molecular flexibility index (Phi) is 15.4. The highest BCUT2D eigenvalue weighted by atomic mass is 32.1. The summed E-state index contributed by atoms with van der Waals surface area (Å²) in [7, 11) is 2.19. The molecular weight excluding hydrogens is 610 g/mol. The van der Waals surface area contributed by atoms with Crippen LogP contribution in [0.25, 0.3) is 11.3 Å². The number of rotatable bonds is 10. The summed E-state index contributed by atoms with van der Waals surface area (Å²) < 4.78 is 63.1. The van der Waals surface area contributed by atoms with Crippen molar-refractivity contribution in [2.45, 2.75) is 70.3 Å². The summed E-state index contributed by atoms with van der Waals surface area (Å²) in [4.78, 5) is 50.0. The average molecular weight is 645 g/mol. The molecule has 0 unspecified atom stereocenters. The van der Waals surface area contributed by atoms with Gasteiger partial charge in [-0.3, -0.25) is 4.79 Å². The predicted molar refractivity (Wildman–Crippen MR) is 137 cm³/mol. The lowest BCUT2D eigenvalue weighted by molar-refractivity contribution is -0.885. The Balaban J connectivity index is 0.000000548. The van der Waals surface area contributed by atoms with Gasteiger partial charge in [0.1, 0.15) is 30.0 Å². The number of thiophene rings is 1. The molecule has 0 spiro atoms. The number of amides is 1. The summed E-state index contributed by atoms with van der Waals surface area (Å²) in [6.07, 6.45) is -2.09. The maximum atomic E-state index is 12.9. The molecule has 43 heavy (non-hydrogen) atoms. The van der Waals surface area contributed by atoms with Crippen LogP contribution in [0.15, 0.2) is 23.0 Å². The number of carbonyl (C=O) groups is 4. The van der Waals surface area contributed by atoms with Crippen molar-refractivity contribution in [3.63, 3.8) is 0 Å². The first-order valence-electron chi connectivity index (χ1n) is 13.2. The first kappa shape index (κ1) is 37.6. The molecule has 0 aliphatic carbocycles. The van der Waals surface area contributed by atoms with Crippen LogP contribution in [0.1, 0.15) is 63.7 Å². The summed E-state index contributed by atoms with van der Waals surface area (Å²) in [6, 6.07) is 2.03. The van der Waals surface area contributed by atoms with Gasteiger partial charge in [-0.2, -0.15) is 37.7 Å². The third-order valence-electron chi connectivity index (χ3n) is 6.33. The second kappa shape index (κ2) is 17.6. The number of carboxylic acid groups (broad SMARTS) is 2. The number of hydrogen-bond acceptors (Lipinski definition) is 7. The lowest BCUT2D eigenvalue weighted by atomic mass is 9.95. The zero-order valence-corrected chi connectivity index (χ0v) is 24.3. The predicted octanol–water partition coefficient (Wildman–Crippen LogP) is 0.776. The van der Waals surface area contributed by atoms with Crippen LogP contribution in [-0.2, 0) is 19.2 Å². The third-order valence-corrected chi connectivity index (χ3v) is 7.02. The molecule has 3 rings (SSSR count). The monoisotopic (exact) mass is 644 g/mol. The third kappa shape index (κ3) is 15.0. The number of unbranched alkanes of at least 4 members (excludes halogenated alkanes) is 2. The van der Waals surface area contributed by atoms with Crippen molar-refractivity contribution in [3.05, 3.63) is 28.8 Å². The normalized spacial score (nSPS) is 17.4. The number of carboxylic acids is 2. The molecule has 0 aromatic carbocycles. The molecule has 2 aromatic heterocycles. The Labute approximate surface area is 247 Å². The molecule has 4 N–H and O–H groups in total. The number of carbonyl (C=O) groups excluding carboxylic acids is 4. The Morgan fingerprint density at radius 1 is 1.05 bits per heavy atom. The number of Topliss-reactive ketones (excluding diaryl/α,β-unsaturated/α-hetero) is 1. The zero-order chi connectivity index (χ0) is 32.8. The molecule has 1 fully saturated rings. The number of aliphatic carboxylic acids is 2. The number of imidazole rings is 1. The number of aromatic nitrogens is 2. The van der Waals surface area contributed by atoms with Gasteiger partial charge in [0.05, 0.1) is 20.1 Å². The molecule has 0 bridgehead atoms. The number of hydrogen-bond donors (Lipinski definition) is 3. The summed E-state index contributed by atoms with van der Waals surface area (Å²) >= 11 is 1.67. The van der Waals surface area contributed by atoms with E-state index in [4.69, 9.17) is 19.8 Å². The quantitative estimate of drug-likeness (QED) is 0.256. The minimum Gasteiger partial charge on any atom is -0.542 e.